The molecule has 2 aromatic carbocycles. The number of ketones is 1. The molecule has 0 aromatic heterocycles. The van der Waals surface area contributed by atoms with Crippen molar-refractivity contribution in [3.8, 4) is 28.7 Å². The van der Waals surface area contributed by atoms with E-state index in [9.17, 15) is 9.59 Å². The number of Topliss-reactive ketones (excluding diaryl/α,β-unsaturated/α-hetero) is 1. The second-order valence-electron chi connectivity index (χ2n) is 9.50. The lowest BCUT2D eigenvalue weighted by molar-refractivity contribution is -1.01. The number of nitrogens with one attached hydrogen (secondary N) is 2. The molecule has 10 nitrogen and oxygen atoms in total. The van der Waals surface area contributed by atoms with Gasteiger partial charge < -0.3 is 63.0 Å². The molecule has 1 aliphatic rings. The van der Waals surface area contributed by atoms with Crippen molar-refractivity contribution in [2.75, 3.05) is 81.4 Å². The van der Waals surface area contributed by atoms with Crippen LogP contribution in [0.1, 0.15) is 40.0 Å². The smallest absolute Gasteiger partial charge is 0.338 e. The predicted molar refractivity (Wildman–Crippen MR) is 145 cm³/mol. The quantitative estimate of drug-likeness (QED) is 0.116. The molecule has 1 saturated heterocycles. The van der Waals surface area contributed by atoms with Crippen LogP contribution < -0.4 is 58.3 Å². The highest BCUT2D eigenvalue weighted by Crippen LogP contribution is 2.38. The van der Waals surface area contributed by atoms with Gasteiger partial charge in [-0.25, -0.2) is 4.79 Å². The van der Waals surface area contributed by atoms with Gasteiger partial charge in [-0.15, -0.1) is 0 Å². The molecule has 1 heterocycles. The highest BCUT2D eigenvalue weighted by Gasteiger charge is 2.23. The van der Waals surface area contributed by atoms with Gasteiger partial charge in [0.2, 0.25) is 5.75 Å². The van der Waals surface area contributed by atoms with E-state index >= 15 is 0 Å². The van der Waals surface area contributed by atoms with Crippen LogP contribution in [0.5, 0.6) is 28.7 Å². The second-order valence-corrected chi connectivity index (χ2v) is 9.50. The van der Waals surface area contributed by atoms with E-state index in [0.29, 0.717) is 52.9 Å². The summed E-state index contributed by atoms with van der Waals surface area (Å²) in [7, 11) is 7.70. The van der Waals surface area contributed by atoms with E-state index in [4.69, 9.17) is 28.4 Å². The van der Waals surface area contributed by atoms with Crippen molar-refractivity contribution >= 4 is 11.8 Å². The number of rotatable bonds is 15. The van der Waals surface area contributed by atoms with Gasteiger partial charge in [-0.2, -0.15) is 0 Å². The van der Waals surface area contributed by atoms with Gasteiger partial charge in [-0.1, -0.05) is 0 Å². The monoisotopic (exact) mass is 616 g/mol. The van der Waals surface area contributed by atoms with Gasteiger partial charge >= 0.3 is 5.97 Å². The highest BCUT2D eigenvalue weighted by molar-refractivity contribution is 5.98. The number of ether oxygens (including phenoxy) is 6. The molecule has 0 bridgehead atoms. The van der Waals surface area contributed by atoms with E-state index < -0.39 is 5.97 Å². The second kappa shape index (κ2) is 18.5. The lowest BCUT2D eigenvalue weighted by atomic mass is 10.0. The van der Waals surface area contributed by atoms with Crippen molar-refractivity contribution in [1.82, 2.24) is 0 Å². The zero-order chi connectivity index (χ0) is 28.2. The summed E-state index contributed by atoms with van der Waals surface area (Å²) in [5.74, 6) is 2.17. The Morgan fingerprint density at radius 2 is 1.27 bits per heavy atom. The van der Waals surface area contributed by atoms with Crippen molar-refractivity contribution in [1.29, 1.82) is 0 Å². The summed E-state index contributed by atoms with van der Waals surface area (Å²) in [4.78, 5) is 28.3. The molecule has 0 unspecified atom stereocenters. The normalized spacial score (nSPS) is 15.9. The highest BCUT2D eigenvalue weighted by atomic mass is 35.5. The van der Waals surface area contributed by atoms with Gasteiger partial charge in [0.25, 0.3) is 0 Å². The fourth-order valence-electron chi connectivity index (χ4n) is 4.89. The Morgan fingerprint density at radius 3 is 1.78 bits per heavy atom. The number of methoxy groups -OCH3 is 5. The number of quaternary nitrogens is 2. The van der Waals surface area contributed by atoms with Crippen molar-refractivity contribution in [3.63, 3.8) is 0 Å². The van der Waals surface area contributed by atoms with Crippen LogP contribution in [0.2, 0.25) is 0 Å². The van der Waals surface area contributed by atoms with Gasteiger partial charge in [-0.05, 0) is 24.3 Å². The number of benzene rings is 2. The lowest BCUT2D eigenvalue weighted by Crippen LogP contribution is -3.28. The summed E-state index contributed by atoms with van der Waals surface area (Å²) < 4.78 is 32.0. The van der Waals surface area contributed by atoms with Crippen LogP contribution in [0.15, 0.2) is 30.3 Å². The Hall–Kier alpha value is -2.92. The number of halogens is 2. The first-order valence-electron chi connectivity index (χ1n) is 13.3. The largest absolute Gasteiger partial charge is 1.00 e. The number of carbonyl (C=O) groups excluding carboxylic acids is 2. The third kappa shape index (κ3) is 10.1. The molecular formula is C29H42Cl2N2O8. The summed E-state index contributed by atoms with van der Waals surface area (Å²) in [6.07, 6.45) is 2.13. The van der Waals surface area contributed by atoms with Crippen LogP contribution >= 0.6 is 0 Å². The molecule has 0 spiro atoms. The van der Waals surface area contributed by atoms with Gasteiger partial charge in [0.1, 0.15) is 37.7 Å². The van der Waals surface area contributed by atoms with E-state index in [1.165, 1.54) is 31.1 Å². The van der Waals surface area contributed by atoms with Crippen LogP contribution in [-0.2, 0) is 4.74 Å². The molecule has 1 aliphatic heterocycles. The summed E-state index contributed by atoms with van der Waals surface area (Å²) in [5, 5.41) is 0. The standard InChI is InChI=1S/C29H40N2O8.2ClH/c1-34-22-9-10-23(25(20-22)35-2)24(32)8-6-11-30-13-15-31(16-14-30)12-7-17-39-29(33)21-18-26(36-3)28(38-5)27(19-21)37-4;;/h9-10,18-20H,6-8,11-17H2,1-5H3;2*1H. The van der Waals surface area contributed by atoms with E-state index in [0.717, 1.165) is 52.1 Å². The number of hydrogen-bond donors (Lipinski definition) is 2. The summed E-state index contributed by atoms with van der Waals surface area (Å²) in [6, 6.07) is 8.50. The molecule has 0 atom stereocenters. The number of hydrogen-bond acceptors (Lipinski definition) is 8. The van der Waals surface area contributed by atoms with Gasteiger partial charge in [0.05, 0.1) is 66.4 Å². The van der Waals surface area contributed by atoms with E-state index in [2.05, 4.69) is 0 Å². The fourth-order valence-corrected chi connectivity index (χ4v) is 4.89. The molecule has 2 aromatic rings. The maximum absolute atomic E-state index is 12.7. The molecule has 0 radical (unpaired) electrons. The number of carbonyl (C=O) groups is 2. The third-order valence-electron chi connectivity index (χ3n) is 7.12. The molecule has 12 heteroatoms. The zero-order valence-corrected chi connectivity index (χ0v) is 26.0. The Balaban J connectivity index is 0.00000420. The maximum Gasteiger partial charge on any atom is 0.338 e. The van der Waals surface area contributed by atoms with Crippen molar-refractivity contribution in [2.45, 2.75) is 19.3 Å². The topological polar surface area (TPSA) is 98.4 Å². The van der Waals surface area contributed by atoms with Gasteiger partial charge in [0, 0.05) is 25.3 Å². The zero-order valence-electron chi connectivity index (χ0n) is 24.5. The lowest BCUT2D eigenvalue weighted by Gasteiger charge is -2.29. The minimum absolute atomic E-state index is 0. The number of piperazine rings is 1. The minimum atomic E-state index is -0.416. The molecule has 0 saturated carbocycles. The predicted octanol–water partition coefficient (Wildman–Crippen LogP) is -5.27. The molecule has 1 fully saturated rings. The molecule has 2 N–H and O–H groups in total. The SMILES string of the molecule is COc1ccc(C(=O)CCC[NH+]2CC[NH+](CCCOC(=O)c3cc(OC)c(OC)c(OC)c3)CC2)c(OC)c1.[Cl-].[Cl-]. The first kappa shape index (κ1) is 36.1. The third-order valence-corrected chi connectivity index (χ3v) is 7.12. The fraction of sp³-hybridized carbons (Fsp3) is 0.517. The average molecular weight is 618 g/mol. The Bertz CT molecular complexity index is 1090. The van der Waals surface area contributed by atoms with Crippen LogP contribution in [-0.4, -0.2) is 93.2 Å². The summed E-state index contributed by atoms with van der Waals surface area (Å²) >= 11 is 0. The van der Waals surface area contributed by atoms with Crippen molar-refractivity contribution < 1.29 is 72.6 Å². The summed E-state index contributed by atoms with van der Waals surface area (Å²) in [5.41, 5.74) is 0.964. The van der Waals surface area contributed by atoms with E-state index in [-0.39, 0.29) is 30.6 Å². The van der Waals surface area contributed by atoms with Crippen molar-refractivity contribution in [3.05, 3.63) is 41.5 Å². The molecular weight excluding hydrogens is 575 g/mol. The molecule has 3 rings (SSSR count). The van der Waals surface area contributed by atoms with Crippen LogP contribution in [0.3, 0.4) is 0 Å². The minimum Gasteiger partial charge on any atom is -1.00 e. The first-order chi connectivity index (χ1) is 18.9. The van der Waals surface area contributed by atoms with Gasteiger partial charge in [0.15, 0.2) is 17.3 Å². The van der Waals surface area contributed by atoms with Crippen molar-refractivity contribution in [2.24, 2.45) is 0 Å². The molecule has 0 aliphatic carbocycles. The van der Waals surface area contributed by atoms with E-state index in [1.54, 1.807) is 44.6 Å². The Labute approximate surface area is 255 Å². The Kier molecular flexibility index (Phi) is 16.3. The number of esters is 1. The molecule has 0 amide bonds. The Morgan fingerprint density at radius 1 is 0.707 bits per heavy atom. The first-order valence-corrected chi connectivity index (χ1v) is 13.3. The van der Waals surface area contributed by atoms with Crippen LogP contribution in [0.4, 0.5) is 0 Å². The molecule has 230 valence electrons. The summed E-state index contributed by atoms with van der Waals surface area (Å²) in [6.45, 7) is 6.55. The average Bonchev–Trinajstić information content (AvgIpc) is 2.98. The van der Waals surface area contributed by atoms with Crippen LogP contribution in [0, 0.1) is 0 Å². The van der Waals surface area contributed by atoms with Gasteiger partial charge in [-0.3, -0.25) is 4.79 Å². The molecule has 41 heavy (non-hydrogen) atoms. The maximum atomic E-state index is 12.7. The van der Waals surface area contributed by atoms with Crippen LogP contribution in [0.25, 0.3) is 0 Å². The van der Waals surface area contributed by atoms with E-state index in [1.807, 2.05) is 0 Å².